The number of aromatic hydroxyl groups is 1. The number of rotatable bonds is 9. The molecule has 2 aromatic carbocycles. The molecule has 31 heavy (non-hydrogen) atoms. The number of anilines is 3. The lowest BCUT2D eigenvalue weighted by Gasteiger charge is -2.20. The molecule has 11 heteroatoms. The Bertz CT molecular complexity index is 1040. The van der Waals surface area contributed by atoms with Crippen LogP contribution in [0.2, 0.25) is 5.28 Å². The minimum Gasteiger partial charge on any atom is -0.506 e. The van der Waals surface area contributed by atoms with Gasteiger partial charge in [0.15, 0.2) is 0 Å². The van der Waals surface area contributed by atoms with Crippen molar-refractivity contribution >= 4 is 40.6 Å². The Hall–Kier alpha value is -3.34. The number of hydrogen-bond acceptors (Lipinski definition) is 10. The summed E-state index contributed by atoms with van der Waals surface area (Å²) in [6.07, 6.45) is 0. The van der Waals surface area contributed by atoms with Gasteiger partial charge < -0.3 is 25.5 Å². The topological polar surface area (TPSA) is 139 Å². The Labute approximate surface area is 183 Å². The zero-order valence-corrected chi connectivity index (χ0v) is 17.5. The van der Waals surface area contributed by atoms with Crippen molar-refractivity contribution in [2.75, 3.05) is 36.5 Å². The lowest BCUT2D eigenvalue weighted by atomic mass is 10.2. The summed E-state index contributed by atoms with van der Waals surface area (Å²) in [6, 6.07) is 12.1. The quantitative estimate of drug-likeness (QED) is 0.368. The summed E-state index contributed by atoms with van der Waals surface area (Å²) in [7, 11) is 0. The molecule has 0 atom stereocenters. The van der Waals surface area contributed by atoms with Crippen LogP contribution in [-0.4, -0.2) is 56.6 Å². The van der Waals surface area contributed by atoms with Crippen LogP contribution in [0.25, 0.3) is 0 Å². The van der Waals surface area contributed by atoms with E-state index in [9.17, 15) is 15.3 Å². The van der Waals surface area contributed by atoms with E-state index in [0.717, 1.165) is 5.56 Å². The maximum Gasteiger partial charge on any atom is 0.233 e. The summed E-state index contributed by atoms with van der Waals surface area (Å²) in [5.41, 5.74) is 2.64. The smallest absolute Gasteiger partial charge is 0.233 e. The second-order valence-corrected chi connectivity index (χ2v) is 6.86. The summed E-state index contributed by atoms with van der Waals surface area (Å²) >= 11 is 6.01. The lowest BCUT2D eigenvalue weighted by molar-refractivity contribution is 0.280. The van der Waals surface area contributed by atoms with Gasteiger partial charge in [-0.25, -0.2) is 0 Å². The van der Waals surface area contributed by atoms with E-state index in [1.54, 1.807) is 47.4 Å². The van der Waals surface area contributed by atoms with Gasteiger partial charge in [0, 0.05) is 18.8 Å². The molecule has 0 aliphatic rings. The molecule has 162 valence electrons. The average molecular weight is 444 g/mol. The van der Waals surface area contributed by atoms with Crippen LogP contribution in [-0.2, 0) is 0 Å². The Balaban J connectivity index is 1.73. The molecule has 0 radical (unpaired) electrons. The van der Waals surface area contributed by atoms with E-state index in [-0.39, 0.29) is 49.2 Å². The van der Waals surface area contributed by atoms with Crippen molar-refractivity contribution in [1.29, 1.82) is 0 Å². The standard InChI is InChI=1S/C20H22ClN7O3/c1-13-2-7-17(31)16(12-13)27-26-15-5-3-14(4-6-15)22-19-23-18(21)24-20(25-19)28(8-10-29)9-11-30/h2-7,12,29-31H,8-11H2,1H3,(H,22,23,24,25). The van der Waals surface area contributed by atoms with E-state index in [1.807, 2.05) is 6.92 Å². The molecule has 4 N–H and O–H groups in total. The fourth-order valence-corrected chi connectivity index (χ4v) is 2.81. The fourth-order valence-electron chi connectivity index (χ4n) is 2.66. The van der Waals surface area contributed by atoms with Gasteiger partial charge in [-0.1, -0.05) is 6.07 Å². The maximum atomic E-state index is 9.85. The predicted octanol–water partition coefficient (Wildman–Crippen LogP) is 3.49. The van der Waals surface area contributed by atoms with Crippen LogP contribution in [0.4, 0.5) is 29.0 Å². The third-order valence-corrected chi connectivity index (χ3v) is 4.32. The van der Waals surface area contributed by atoms with E-state index in [2.05, 4.69) is 30.5 Å². The molecule has 0 aliphatic carbocycles. The van der Waals surface area contributed by atoms with Crippen molar-refractivity contribution in [3.63, 3.8) is 0 Å². The fraction of sp³-hybridized carbons (Fsp3) is 0.250. The highest BCUT2D eigenvalue weighted by molar-refractivity contribution is 6.28. The first-order chi connectivity index (χ1) is 15.0. The maximum absolute atomic E-state index is 9.85. The van der Waals surface area contributed by atoms with E-state index in [1.165, 1.54) is 0 Å². The number of phenols is 1. The van der Waals surface area contributed by atoms with Crippen molar-refractivity contribution in [3.05, 3.63) is 53.3 Å². The van der Waals surface area contributed by atoms with Crippen LogP contribution in [0, 0.1) is 6.92 Å². The van der Waals surface area contributed by atoms with Gasteiger partial charge in [-0.3, -0.25) is 0 Å². The van der Waals surface area contributed by atoms with Gasteiger partial charge in [0.2, 0.25) is 17.2 Å². The molecule has 0 bridgehead atoms. The highest BCUT2D eigenvalue weighted by Crippen LogP contribution is 2.29. The number of aryl methyl sites for hydroxylation is 1. The van der Waals surface area contributed by atoms with Gasteiger partial charge in [-0.05, 0) is 60.5 Å². The van der Waals surface area contributed by atoms with Gasteiger partial charge >= 0.3 is 0 Å². The van der Waals surface area contributed by atoms with E-state index >= 15 is 0 Å². The number of nitrogens with one attached hydrogen (secondary N) is 1. The second kappa shape index (κ2) is 10.6. The van der Waals surface area contributed by atoms with Crippen LogP contribution >= 0.6 is 11.6 Å². The summed E-state index contributed by atoms with van der Waals surface area (Å²) in [4.78, 5) is 14.0. The molecule has 0 saturated carbocycles. The van der Waals surface area contributed by atoms with Crippen LogP contribution < -0.4 is 10.2 Å². The second-order valence-electron chi connectivity index (χ2n) is 6.53. The van der Waals surface area contributed by atoms with Gasteiger partial charge in [0.05, 0.1) is 18.9 Å². The summed E-state index contributed by atoms with van der Waals surface area (Å²) in [5.74, 6) is 0.524. The number of hydrogen-bond donors (Lipinski definition) is 4. The molecule has 0 fully saturated rings. The Morgan fingerprint density at radius 3 is 2.35 bits per heavy atom. The minimum atomic E-state index is -0.123. The molecule has 0 amide bonds. The molecule has 10 nitrogen and oxygen atoms in total. The highest BCUT2D eigenvalue weighted by atomic mass is 35.5. The van der Waals surface area contributed by atoms with Crippen LogP contribution in [0.5, 0.6) is 5.75 Å². The van der Waals surface area contributed by atoms with Crippen molar-refractivity contribution < 1.29 is 15.3 Å². The van der Waals surface area contributed by atoms with Crippen molar-refractivity contribution in [3.8, 4) is 5.75 Å². The summed E-state index contributed by atoms with van der Waals surface area (Å²) in [5, 5.41) is 39.5. The van der Waals surface area contributed by atoms with Crippen LogP contribution in [0.15, 0.2) is 52.7 Å². The van der Waals surface area contributed by atoms with Crippen molar-refractivity contribution in [2.24, 2.45) is 10.2 Å². The predicted molar refractivity (Wildman–Crippen MR) is 118 cm³/mol. The normalized spacial score (nSPS) is 11.1. The Morgan fingerprint density at radius 2 is 1.68 bits per heavy atom. The average Bonchev–Trinajstić information content (AvgIpc) is 2.75. The summed E-state index contributed by atoms with van der Waals surface area (Å²) < 4.78 is 0. The van der Waals surface area contributed by atoms with E-state index in [4.69, 9.17) is 11.6 Å². The SMILES string of the molecule is Cc1ccc(O)c(N=Nc2ccc(Nc3nc(Cl)nc(N(CCO)CCO)n3)cc2)c1. The van der Waals surface area contributed by atoms with Crippen LogP contribution in [0.1, 0.15) is 5.56 Å². The molecular weight excluding hydrogens is 422 g/mol. The van der Waals surface area contributed by atoms with Gasteiger partial charge in [-0.15, -0.1) is 5.11 Å². The molecule has 0 unspecified atom stereocenters. The van der Waals surface area contributed by atoms with E-state index < -0.39 is 0 Å². The number of aliphatic hydroxyl groups excluding tert-OH is 2. The molecule has 0 saturated heterocycles. The van der Waals surface area contributed by atoms with E-state index in [0.29, 0.717) is 17.1 Å². The molecule has 0 aliphatic heterocycles. The zero-order chi connectivity index (χ0) is 22.2. The van der Waals surface area contributed by atoms with Crippen LogP contribution in [0.3, 0.4) is 0 Å². The molecule has 3 rings (SSSR count). The van der Waals surface area contributed by atoms with Gasteiger partial charge in [-0.2, -0.15) is 20.1 Å². The number of azo groups is 1. The first kappa shape index (κ1) is 22.3. The van der Waals surface area contributed by atoms with Crippen molar-refractivity contribution in [2.45, 2.75) is 6.92 Å². The molecule has 3 aromatic rings. The number of aromatic nitrogens is 3. The zero-order valence-electron chi connectivity index (χ0n) is 16.8. The first-order valence-corrected chi connectivity index (χ1v) is 9.83. The summed E-state index contributed by atoms with van der Waals surface area (Å²) in [6.45, 7) is 2.16. The lowest BCUT2D eigenvalue weighted by Crippen LogP contribution is -2.31. The molecule has 0 spiro atoms. The van der Waals surface area contributed by atoms with Crippen molar-refractivity contribution in [1.82, 2.24) is 15.0 Å². The number of phenolic OH excluding ortho intramolecular Hbond substituents is 1. The van der Waals surface area contributed by atoms with Gasteiger partial charge in [0.25, 0.3) is 0 Å². The number of nitrogens with zero attached hydrogens (tertiary/aromatic N) is 6. The first-order valence-electron chi connectivity index (χ1n) is 9.45. The molecule has 1 aromatic heterocycles. The Kier molecular flexibility index (Phi) is 7.65. The number of halogens is 1. The third-order valence-electron chi connectivity index (χ3n) is 4.15. The number of aliphatic hydroxyl groups is 2. The Morgan fingerprint density at radius 1 is 0.968 bits per heavy atom. The number of benzene rings is 2. The monoisotopic (exact) mass is 443 g/mol. The highest BCUT2D eigenvalue weighted by Gasteiger charge is 2.12. The largest absolute Gasteiger partial charge is 0.506 e. The molecule has 1 heterocycles. The molecular formula is C20H22ClN7O3. The van der Waals surface area contributed by atoms with Gasteiger partial charge in [0.1, 0.15) is 11.4 Å². The third kappa shape index (κ3) is 6.32. The minimum absolute atomic E-state index is 0.0169.